The third-order valence-corrected chi connectivity index (χ3v) is 4.09. The van der Waals surface area contributed by atoms with Crippen LogP contribution >= 0.6 is 11.8 Å². The van der Waals surface area contributed by atoms with E-state index < -0.39 is 0 Å². The standard InChI is InChI=1S/C12H16N4O2S/c1-16-11(17)14-15-12(16)19-10(7-13)8-4-3-5-9(6-8)18-2/h3-6,10H,7,13H2,1-2H3,(H,14,17). The first-order valence-corrected chi connectivity index (χ1v) is 6.65. The van der Waals surface area contributed by atoms with Gasteiger partial charge < -0.3 is 10.5 Å². The summed E-state index contributed by atoms with van der Waals surface area (Å²) in [5.74, 6) is 0.785. The van der Waals surface area contributed by atoms with Crippen molar-refractivity contribution >= 4 is 11.8 Å². The number of rotatable bonds is 5. The second-order valence-electron chi connectivity index (χ2n) is 3.99. The van der Waals surface area contributed by atoms with Gasteiger partial charge in [-0.3, -0.25) is 4.57 Å². The van der Waals surface area contributed by atoms with E-state index in [1.165, 1.54) is 16.3 Å². The van der Waals surface area contributed by atoms with Crippen molar-refractivity contribution in [1.29, 1.82) is 0 Å². The molecule has 1 heterocycles. The number of aromatic amines is 1. The summed E-state index contributed by atoms with van der Waals surface area (Å²) in [6.45, 7) is 0.443. The van der Waals surface area contributed by atoms with Gasteiger partial charge in [0.1, 0.15) is 5.75 Å². The Morgan fingerprint density at radius 2 is 2.37 bits per heavy atom. The van der Waals surface area contributed by atoms with Crippen molar-refractivity contribution in [2.24, 2.45) is 12.8 Å². The third kappa shape index (κ3) is 2.99. The molecule has 0 amide bonds. The van der Waals surface area contributed by atoms with Crippen LogP contribution in [0.2, 0.25) is 0 Å². The summed E-state index contributed by atoms with van der Waals surface area (Å²) < 4.78 is 6.67. The quantitative estimate of drug-likeness (QED) is 0.795. The van der Waals surface area contributed by atoms with E-state index in [-0.39, 0.29) is 10.9 Å². The first-order valence-electron chi connectivity index (χ1n) is 5.77. The average Bonchev–Trinajstić information content (AvgIpc) is 2.76. The van der Waals surface area contributed by atoms with Gasteiger partial charge in [0.25, 0.3) is 0 Å². The molecule has 19 heavy (non-hydrogen) atoms. The molecule has 1 aromatic carbocycles. The molecule has 6 nitrogen and oxygen atoms in total. The lowest BCUT2D eigenvalue weighted by Crippen LogP contribution is -2.14. The second kappa shape index (κ2) is 5.94. The lowest BCUT2D eigenvalue weighted by molar-refractivity contribution is 0.414. The number of ether oxygens (including phenoxy) is 1. The zero-order chi connectivity index (χ0) is 13.8. The Morgan fingerprint density at radius 3 is 2.95 bits per heavy atom. The van der Waals surface area contributed by atoms with Crippen LogP contribution in [0.25, 0.3) is 0 Å². The van der Waals surface area contributed by atoms with Crippen molar-refractivity contribution in [3.63, 3.8) is 0 Å². The smallest absolute Gasteiger partial charge is 0.343 e. The molecule has 0 fully saturated rings. The normalized spacial score (nSPS) is 12.4. The minimum atomic E-state index is -0.232. The summed E-state index contributed by atoms with van der Waals surface area (Å²) >= 11 is 1.45. The van der Waals surface area contributed by atoms with Crippen LogP contribution in [0.15, 0.2) is 34.2 Å². The molecule has 0 aliphatic carbocycles. The molecule has 1 atom stereocenters. The number of aromatic nitrogens is 3. The van der Waals surface area contributed by atoms with Crippen molar-refractivity contribution in [1.82, 2.24) is 14.8 Å². The van der Waals surface area contributed by atoms with Gasteiger partial charge in [0.15, 0.2) is 5.16 Å². The number of H-pyrrole nitrogens is 1. The Hall–Kier alpha value is -1.73. The van der Waals surface area contributed by atoms with Gasteiger partial charge in [0, 0.05) is 18.8 Å². The first-order chi connectivity index (χ1) is 9.15. The van der Waals surface area contributed by atoms with Crippen LogP contribution in [-0.4, -0.2) is 28.4 Å². The summed E-state index contributed by atoms with van der Waals surface area (Å²) in [6, 6.07) is 7.72. The van der Waals surface area contributed by atoms with Gasteiger partial charge in [-0.2, -0.15) is 0 Å². The Kier molecular flexibility index (Phi) is 4.28. The maximum Gasteiger partial charge on any atom is 0.343 e. The van der Waals surface area contributed by atoms with E-state index in [1.807, 2.05) is 24.3 Å². The second-order valence-corrected chi connectivity index (χ2v) is 5.16. The van der Waals surface area contributed by atoms with Gasteiger partial charge in [-0.25, -0.2) is 9.89 Å². The number of nitrogens with two attached hydrogens (primary N) is 1. The van der Waals surface area contributed by atoms with Crippen LogP contribution < -0.4 is 16.2 Å². The summed E-state index contributed by atoms with van der Waals surface area (Å²) in [7, 11) is 3.30. The van der Waals surface area contributed by atoms with Crippen LogP contribution in [0.4, 0.5) is 0 Å². The number of nitrogens with zero attached hydrogens (tertiary/aromatic N) is 2. The molecule has 0 aliphatic heterocycles. The van der Waals surface area contributed by atoms with E-state index in [4.69, 9.17) is 10.5 Å². The number of nitrogens with one attached hydrogen (secondary N) is 1. The lowest BCUT2D eigenvalue weighted by Gasteiger charge is -2.14. The Bertz CT molecular complexity index is 608. The number of methoxy groups -OCH3 is 1. The Labute approximate surface area is 115 Å². The van der Waals surface area contributed by atoms with Crippen molar-refractivity contribution in [2.75, 3.05) is 13.7 Å². The van der Waals surface area contributed by atoms with Crippen molar-refractivity contribution in [3.8, 4) is 5.75 Å². The monoisotopic (exact) mass is 280 g/mol. The third-order valence-electron chi connectivity index (χ3n) is 2.77. The molecule has 1 unspecified atom stereocenters. The average molecular weight is 280 g/mol. The van der Waals surface area contributed by atoms with Crippen molar-refractivity contribution in [3.05, 3.63) is 40.3 Å². The first kappa shape index (κ1) is 13.7. The van der Waals surface area contributed by atoms with E-state index in [9.17, 15) is 4.79 Å². The molecule has 2 aromatic rings. The molecule has 0 aliphatic rings. The molecule has 3 N–H and O–H groups in total. The van der Waals surface area contributed by atoms with Gasteiger partial charge in [-0.1, -0.05) is 23.9 Å². The number of hydrogen-bond acceptors (Lipinski definition) is 5. The number of hydrogen-bond donors (Lipinski definition) is 2. The zero-order valence-electron chi connectivity index (χ0n) is 10.8. The van der Waals surface area contributed by atoms with E-state index >= 15 is 0 Å². The fourth-order valence-corrected chi connectivity index (χ4v) is 2.63. The Morgan fingerprint density at radius 1 is 1.58 bits per heavy atom. The molecule has 2 rings (SSSR count). The Balaban J connectivity index is 2.24. The molecule has 0 saturated carbocycles. The molecule has 0 saturated heterocycles. The van der Waals surface area contributed by atoms with Crippen molar-refractivity contribution < 1.29 is 4.74 Å². The predicted molar refractivity (Wildman–Crippen MR) is 74.5 cm³/mol. The molecule has 0 radical (unpaired) electrons. The van der Waals surface area contributed by atoms with Crippen LogP contribution in [0.3, 0.4) is 0 Å². The molecular weight excluding hydrogens is 264 g/mol. The van der Waals surface area contributed by atoms with Crippen LogP contribution in [-0.2, 0) is 7.05 Å². The van der Waals surface area contributed by atoms with E-state index in [2.05, 4.69) is 10.2 Å². The zero-order valence-corrected chi connectivity index (χ0v) is 11.6. The van der Waals surface area contributed by atoms with E-state index in [1.54, 1.807) is 14.2 Å². The van der Waals surface area contributed by atoms with Gasteiger partial charge >= 0.3 is 5.69 Å². The van der Waals surface area contributed by atoms with Crippen LogP contribution in [0, 0.1) is 0 Å². The maximum atomic E-state index is 11.3. The SMILES string of the molecule is COc1cccc(C(CN)Sc2n[nH]c(=O)n2C)c1. The number of thioether (sulfide) groups is 1. The maximum absolute atomic E-state index is 11.3. The lowest BCUT2D eigenvalue weighted by atomic mass is 10.1. The van der Waals surface area contributed by atoms with Crippen LogP contribution in [0.1, 0.15) is 10.8 Å². The minimum absolute atomic E-state index is 0.0176. The highest BCUT2D eigenvalue weighted by atomic mass is 32.2. The van der Waals surface area contributed by atoms with Gasteiger partial charge in [-0.05, 0) is 17.7 Å². The fraction of sp³-hybridized carbons (Fsp3) is 0.333. The summed E-state index contributed by atoms with van der Waals surface area (Å²) in [4.78, 5) is 11.3. The fourth-order valence-electron chi connectivity index (χ4n) is 1.66. The van der Waals surface area contributed by atoms with Gasteiger partial charge in [0.2, 0.25) is 0 Å². The summed E-state index contributed by atoms with van der Waals surface area (Å²) in [5.41, 5.74) is 6.63. The highest BCUT2D eigenvalue weighted by molar-refractivity contribution is 7.99. The predicted octanol–water partition coefficient (Wildman–Crippen LogP) is 0.909. The van der Waals surface area contributed by atoms with Crippen LogP contribution in [0.5, 0.6) is 5.75 Å². The largest absolute Gasteiger partial charge is 0.497 e. The molecule has 0 bridgehead atoms. The van der Waals surface area contributed by atoms with E-state index in [0.717, 1.165) is 11.3 Å². The summed E-state index contributed by atoms with van der Waals surface area (Å²) in [5, 5.41) is 7.02. The topological polar surface area (TPSA) is 85.9 Å². The molecule has 102 valence electrons. The molecule has 1 aromatic heterocycles. The highest BCUT2D eigenvalue weighted by Crippen LogP contribution is 2.33. The van der Waals surface area contributed by atoms with Gasteiger partial charge in [0.05, 0.1) is 7.11 Å². The summed E-state index contributed by atoms with van der Waals surface area (Å²) in [6.07, 6.45) is 0. The molecule has 0 spiro atoms. The van der Waals surface area contributed by atoms with E-state index in [0.29, 0.717) is 11.7 Å². The highest BCUT2D eigenvalue weighted by Gasteiger charge is 2.16. The molecular formula is C12H16N4O2S. The minimum Gasteiger partial charge on any atom is -0.497 e. The molecule has 7 heteroatoms. The number of benzene rings is 1. The van der Waals surface area contributed by atoms with Gasteiger partial charge in [-0.15, -0.1) is 5.10 Å². The van der Waals surface area contributed by atoms with Crippen molar-refractivity contribution in [2.45, 2.75) is 10.4 Å².